The van der Waals surface area contributed by atoms with E-state index in [0.717, 1.165) is 22.2 Å². The Morgan fingerprint density at radius 2 is 1.97 bits per heavy atom. The Morgan fingerprint density at radius 3 is 2.81 bits per heavy atom. The number of ether oxygens (including phenoxy) is 1. The second-order valence-corrected chi connectivity index (χ2v) is 9.11. The van der Waals surface area contributed by atoms with Crippen molar-refractivity contribution in [1.29, 1.82) is 0 Å². The number of benzene rings is 2. The molecule has 0 unspecified atom stereocenters. The van der Waals surface area contributed by atoms with E-state index in [-0.39, 0.29) is 23.7 Å². The summed E-state index contributed by atoms with van der Waals surface area (Å²) in [5.41, 5.74) is 4.17. The zero-order chi connectivity index (χ0) is 25.1. The maximum absolute atomic E-state index is 13.4. The predicted octanol–water partition coefficient (Wildman–Crippen LogP) is 3.05. The lowest BCUT2D eigenvalue weighted by Gasteiger charge is -2.23. The quantitative estimate of drug-likeness (QED) is 0.402. The highest BCUT2D eigenvalue weighted by Crippen LogP contribution is 2.29. The number of hydrogen-bond donors (Lipinski definition) is 1. The summed E-state index contributed by atoms with van der Waals surface area (Å²) in [7, 11) is 1.31. The molecule has 1 aliphatic heterocycles. The molecule has 2 aromatic carbocycles. The molecule has 0 saturated carbocycles. The van der Waals surface area contributed by atoms with Crippen LogP contribution in [0.15, 0.2) is 66.9 Å². The van der Waals surface area contributed by atoms with Crippen molar-refractivity contribution in [2.75, 3.05) is 13.7 Å². The summed E-state index contributed by atoms with van der Waals surface area (Å²) >= 11 is 0. The maximum Gasteiger partial charge on any atom is 0.360 e. The van der Waals surface area contributed by atoms with Crippen LogP contribution >= 0.6 is 0 Å². The second-order valence-electron chi connectivity index (χ2n) is 9.11. The fourth-order valence-corrected chi connectivity index (χ4v) is 4.72. The first-order valence-corrected chi connectivity index (χ1v) is 11.9. The molecule has 1 saturated heterocycles. The topological polar surface area (TPSA) is 102 Å². The molecule has 1 N–H and O–H groups in total. The lowest BCUT2D eigenvalue weighted by atomic mass is 10.1. The van der Waals surface area contributed by atoms with Crippen LogP contribution in [-0.4, -0.2) is 56.5 Å². The number of esters is 1. The zero-order valence-corrected chi connectivity index (χ0v) is 20.3. The molecule has 2 atom stereocenters. The number of aromatic nitrogens is 4. The molecule has 1 aliphatic rings. The van der Waals surface area contributed by atoms with Crippen LogP contribution in [-0.2, 0) is 22.6 Å². The fourth-order valence-electron chi connectivity index (χ4n) is 4.72. The smallest absolute Gasteiger partial charge is 0.360 e. The first kappa shape index (κ1) is 23.6. The number of aryl methyl sites for hydroxylation is 1. The number of fused-ring (bicyclic) bond motifs is 1. The molecular formula is C27H28N6O3. The van der Waals surface area contributed by atoms with E-state index >= 15 is 0 Å². The highest BCUT2D eigenvalue weighted by Gasteiger charge is 2.38. The Kier molecular flexibility index (Phi) is 6.73. The molecule has 0 bridgehead atoms. The number of carbonyl (C=O) groups is 2. The summed E-state index contributed by atoms with van der Waals surface area (Å²) in [6.07, 6.45) is 2.13. The van der Waals surface area contributed by atoms with Crippen LogP contribution in [0.2, 0.25) is 0 Å². The molecule has 9 nitrogen and oxygen atoms in total. The molecule has 3 heterocycles. The number of hydrogen-bond acceptors (Lipinski definition) is 7. The maximum atomic E-state index is 13.4. The number of carbonyl (C=O) groups excluding carboxylic acids is 2. The van der Waals surface area contributed by atoms with Gasteiger partial charge in [0.05, 0.1) is 43.1 Å². The summed E-state index contributed by atoms with van der Waals surface area (Å²) < 4.78 is 6.41. The van der Waals surface area contributed by atoms with Crippen molar-refractivity contribution in [3.05, 3.63) is 89.4 Å². The van der Waals surface area contributed by atoms with Crippen molar-refractivity contribution in [3.63, 3.8) is 0 Å². The van der Waals surface area contributed by atoms with E-state index in [1.54, 1.807) is 10.9 Å². The van der Waals surface area contributed by atoms with E-state index in [9.17, 15) is 9.59 Å². The third-order valence-electron chi connectivity index (χ3n) is 6.53. The highest BCUT2D eigenvalue weighted by atomic mass is 16.5. The minimum atomic E-state index is -0.534. The molecule has 0 radical (unpaired) electrons. The van der Waals surface area contributed by atoms with Gasteiger partial charge in [-0.15, -0.1) is 5.10 Å². The van der Waals surface area contributed by atoms with E-state index in [1.807, 2.05) is 42.5 Å². The van der Waals surface area contributed by atoms with Crippen LogP contribution in [0, 0.1) is 6.92 Å². The minimum absolute atomic E-state index is 0.0616. The Balaban J connectivity index is 1.33. The second kappa shape index (κ2) is 10.2. The van der Waals surface area contributed by atoms with Crippen LogP contribution in [0.25, 0.3) is 10.9 Å². The van der Waals surface area contributed by atoms with Crippen molar-refractivity contribution >= 4 is 22.8 Å². The van der Waals surface area contributed by atoms with Gasteiger partial charge in [0.15, 0.2) is 5.69 Å². The summed E-state index contributed by atoms with van der Waals surface area (Å²) in [5, 5.41) is 12.2. The summed E-state index contributed by atoms with van der Waals surface area (Å²) in [6.45, 7) is 3.63. The fraction of sp³-hybridized carbons (Fsp3) is 0.296. The first-order chi connectivity index (χ1) is 17.5. The number of methoxy groups -OCH3 is 1. The van der Waals surface area contributed by atoms with Crippen molar-refractivity contribution in [2.45, 2.75) is 38.5 Å². The third kappa shape index (κ3) is 5.11. The molecule has 2 aromatic heterocycles. The molecule has 1 amide bonds. The van der Waals surface area contributed by atoms with Gasteiger partial charge < -0.3 is 10.1 Å². The molecule has 36 heavy (non-hydrogen) atoms. The van der Waals surface area contributed by atoms with Gasteiger partial charge in [0, 0.05) is 18.5 Å². The first-order valence-electron chi connectivity index (χ1n) is 11.9. The van der Waals surface area contributed by atoms with Crippen LogP contribution in [0.5, 0.6) is 0 Å². The molecule has 1 fully saturated rings. The number of nitrogens with one attached hydrogen (secondary N) is 1. The number of likely N-dealkylation sites (tertiary alicyclic amines) is 1. The average Bonchev–Trinajstić information content (AvgIpc) is 3.54. The van der Waals surface area contributed by atoms with E-state index in [2.05, 4.69) is 50.6 Å². The monoisotopic (exact) mass is 484 g/mol. The van der Waals surface area contributed by atoms with Gasteiger partial charge in [-0.2, -0.15) is 0 Å². The van der Waals surface area contributed by atoms with Gasteiger partial charge in [-0.25, -0.2) is 9.48 Å². The van der Waals surface area contributed by atoms with E-state index in [1.165, 1.54) is 12.7 Å². The SMILES string of the molecule is COC(=O)c1cn([C@@H]2C[C@@H](C(=O)NCc3ccc4ccccc4n3)N(Cc3cccc(C)c3)C2)nn1. The van der Waals surface area contributed by atoms with Crippen molar-refractivity contribution in [3.8, 4) is 0 Å². The van der Waals surface area contributed by atoms with Gasteiger partial charge in [-0.05, 0) is 31.0 Å². The molecule has 5 rings (SSSR count). The number of amides is 1. The van der Waals surface area contributed by atoms with Crippen LogP contribution in [0.4, 0.5) is 0 Å². The number of pyridine rings is 1. The molecular weight excluding hydrogens is 456 g/mol. The Hall–Kier alpha value is -4.11. The van der Waals surface area contributed by atoms with Gasteiger partial charge in [-0.3, -0.25) is 14.7 Å². The number of nitrogens with zero attached hydrogens (tertiary/aromatic N) is 5. The standard InChI is InChI=1S/C27H28N6O3/c1-18-6-5-7-19(12-18)15-32-16-22(33-17-24(30-31-33)27(35)36-2)13-25(32)26(34)28-14-21-11-10-20-8-3-4-9-23(20)29-21/h3-12,17,22,25H,13-16H2,1-2H3,(H,28,34)/t22-,25+/m1/s1. The molecule has 9 heteroatoms. The zero-order valence-electron chi connectivity index (χ0n) is 20.3. The largest absolute Gasteiger partial charge is 0.464 e. The van der Waals surface area contributed by atoms with Gasteiger partial charge in [0.25, 0.3) is 0 Å². The molecule has 184 valence electrons. The summed E-state index contributed by atoms with van der Waals surface area (Å²) in [5.74, 6) is -0.596. The van der Waals surface area contributed by atoms with Crippen LogP contribution in [0.3, 0.4) is 0 Å². The van der Waals surface area contributed by atoms with Crippen LogP contribution in [0.1, 0.15) is 39.8 Å². The number of para-hydroxylation sites is 1. The van der Waals surface area contributed by atoms with Crippen molar-refractivity contribution in [2.24, 2.45) is 0 Å². The van der Waals surface area contributed by atoms with E-state index in [4.69, 9.17) is 4.74 Å². The summed E-state index contributed by atoms with van der Waals surface area (Å²) in [6, 6.07) is 19.7. The molecule has 0 aliphatic carbocycles. The Labute approximate surface area is 209 Å². The van der Waals surface area contributed by atoms with Gasteiger partial charge in [-0.1, -0.05) is 59.3 Å². The lowest BCUT2D eigenvalue weighted by molar-refractivity contribution is -0.125. The van der Waals surface area contributed by atoms with Gasteiger partial charge in [0.2, 0.25) is 5.91 Å². The number of rotatable bonds is 7. The minimum Gasteiger partial charge on any atom is -0.464 e. The Bertz CT molecular complexity index is 1400. The lowest BCUT2D eigenvalue weighted by Crippen LogP contribution is -2.42. The van der Waals surface area contributed by atoms with Crippen LogP contribution < -0.4 is 5.32 Å². The van der Waals surface area contributed by atoms with E-state index < -0.39 is 5.97 Å². The summed E-state index contributed by atoms with van der Waals surface area (Å²) in [4.78, 5) is 32.0. The highest BCUT2D eigenvalue weighted by molar-refractivity contribution is 5.86. The van der Waals surface area contributed by atoms with Crippen molar-refractivity contribution in [1.82, 2.24) is 30.2 Å². The van der Waals surface area contributed by atoms with Gasteiger partial charge in [0.1, 0.15) is 0 Å². The normalized spacial score (nSPS) is 17.8. The van der Waals surface area contributed by atoms with Gasteiger partial charge >= 0.3 is 5.97 Å². The Morgan fingerprint density at radius 1 is 1.11 bits per heavy atom. The van der Waals surface area contributed by atoms with Crippen molar-refractivity contribution < 1.29 is 14.3 Å². The van der Waals surface area contributed by atoms with E-state index in [0.29, 0.717) is 26.1 Å². The molecule has 4 aromatic rings. The molecule has 0 spiro atoms. The average molecular weight is 485 g/mol. The third-order valence-corrected chi connectivity index (χ3v) is 6.53. The predicted molar refractivity (Wildman–Crippen MR) is 134 cm³/mol.